The van der Waals surface area contributed by atoms with Gasteiger partial charge in [-0.25, -0.2) is 0 Å². The Balaban J connectivity index is 1.69. The van der Waals surface area contributed by atoms with E-state index in [1.54, 1.807) is 6.07 Å². The molecule has 3 nitrogen and oxygen atoms in total. The molecule has 0 saturated heterocycles. The molecule has 0 aromatic heterocycles. The highest BCUT2D eigenvalue weighted by molar-refractivity contribution is 6.09. The Morgan fingerprint density at radius 3 is 2.30 bits per heavy atom. The molecule has 0 atom stereocenters. The first kappa shape index (κ1) is 17.9. The Kier molecular flexibility index (Phi) is 4.58. The number of halogens is 3. The van der Waals surface area contributed by atoms with E-state index in [2.05, 4.69) is 15.6 Å². The van der Waals surface area contributed by atoms with Crippen LogP contribution < -0.4 is 10.6 Å². The summed E-state index contributed by atoms with van der Waals surface area (Å²) in [5.74, 6) is 0.748. The second kappa shape index (κ2) is 6.91. The van der Waals surface area contributed by atoms with Gasteiger partial charge in [0.15, 0.2) is 0 Å². The smallest absolute Gasteiger partial charge is 0.371 e. The Morgan fingerprint density at radius 1 is 0.889 bits per heavy atom. The van der Waals surface area contributed by atoms with Crippen LogP contribution in [-0.4, -0.2) is 11.4 Å². The molecule has 1 heterocycles. The average Bonchev–Trinajstić information content (AvgIpc) is 2.66. The minimum atomic E-state index is -4.37. The van der Waals surface area contributed by atoms with Crippen LogP contribution in [0.25, 0.3) is 0 Å². The van der Waals surface area contributed by atoms with Gasteiger partial charge in [-0.2, -0.15) is 13.2 Å². The molecule has 6 heteroatoms. The number of rotatable bonds is 2. The van der Waals surface area contributed by atoms with E-state index < -0.39 is 11.7 Å². The number of amidine groups is 1. The first-order valence-electron chi connectivity index (χ1n) is 9.32. The van der Waals surface area contributed by atoms with Gasteiger partial charge in [-0.3, -0.25) is 4.99 Å². The molecule has 2 N–H and O–H groups in total. The van der Waals surface area contributed by atoms with Crippen molar-refractivity contribution in [1.29, 1.82) is 0 Å². The van der Waals surface area contributed by atoms with Crippen molar-refractivity contribution in [2.75, 3.05) is 10.6 Å². The largest absolute Gasteiger partial charge is 0.416 e. The summed E-state index contributed by atoms with van der Waals surface area (Å²) in [6, 6.07) is 13.6. The van der Waals surface area contributed by atoms with E-state index in [9.17, 15) is 13.2 Å². The van der Waals surface area contributed by atoms with Crippen LogP contribution in [-0.2, 0) is 12.7 Å². The first-order valence-corrected chi connectivity index (χ1v) is 9.32. The van der Waals surface area contributed by atoms with Crippen LogP contribution in [0.1, 0.15) is 43.2 Å². The van der Waals surface area contributed by atoms with Gasteiger partial charge in [0, 0.05) is 0 Å². The molecule has 0 bridgehead atoms. The molecule has 0 unspecified atom stereocenters. The molecule has 1 aliphatic heterocycles. The lowest BCUT2D eigenvalue weighted by Gasteiger charge is -2.44. The van der Waals surface area contributed by atoms with E-state index in [4.69, 9.17) is 0 Å². The van der Waals surface area contributed by atoms with Crippen LogP contribution in [0.15, 0.2) is 53.5 Å². The summed E-state index contributed by atoms with van der Waals surface area (Å²) in [6.07, 6.45) is 0.811. The highest BCUT2D eigenvalue weighted by Gasteiger charge is 2.41. The number of para-hydroxylation sites is 2. The Bertz CT molecular complexity index is 852. The van der Waals surface area contributed by atoms with E-state index in [-0.39, 0.29) is 17.6 Å². The average molecular weight is 373 g/mol. The molecule has 142 valence electrons. The van der Waals surface area contributed by atoms with Crippen molar-refractivity contribution in [1.82, 2.24) is 0 Å². The maximum Gasteiger partial charge on any atom is 0.416 e. The number of alkyl halides is 3. The molecular formula is C21H22F3N3. The number of hydrogen-bond donors (Lipinski definition) is 2. The lowest BCUT2D eigenvalue weighted by Crippen LogP contribution is -2.53. The Labute approximate surface area is 156 Å². The number of hydrogen-bond acceptors (Lipinski definition) is 2. The molecule has 4 rings (SSSR count). The number of benzene rings is 2. The van der Waals surface area contributed by atoms with Gasteiger partial charge in [0.2, 0.25) is 0 Å². The monoisotopic (exact) mass is 373 g/mol. The van der Waals surface area contributed by atoms with E-state index >= 15 is 0 Å². The van der Waals surface area contributed by atoms with Crippen LogP contribution in [0, 0.1) is 0 Å². The van der Waals surface area contributed by atoms with Crippen molar-refractivity contribution in [3.8, 4) is 0 Å². The maximum atomic E-state index is 13.3. The zero-order chi connectivity index (χ0) is 18.9. The standard InChI is InChI=1S/C21H22F3N3/c22-21(23,24)16-9-3-2-8-15(16)14-25-19-20(12-6-1-7-13-20)27-18-11-5-4-10-17(18)26-19/h2-5,8-11,27H,1,6-7,12-14H2,(H,25,26). The van der Waals surface area contributed by atoms with Gasteiger partial charge in [-0.05, 0) is 36.6 Å². The molecule has 27 heavy (non-hydrogen) atoms. The molecule has 2 aliphatic rings. The number of aliphatic imine (C=N–C) groups is 1. The minimum absolute atomic E-state index is 0.00358. The van der Waals surface area contributed by atoms with E-state index in [0.717, 1.165) is 49.0 Å². The second-order valence-electron chi connectivity index (χ2n) is 7.26. The SMILES string of the molecule is FC(F)(F)c1ccccc1CN=C1Nc2ccccc2NC12CCCCC2. The molecular weight excluding hydrogens is 351 g/mol. The molecule has 0 amide bonds. The summed E-state index contributed by atoms with van der Waals surface area (Å²) in [6.45, 7) is 0.00358. The minimum Gasteiger partial charge on any atom is -0.371 e. The molecule has 1 spiro atoms. The summed E-state index contributed by atoms with van der Waals surface area (Å²) in [5.41, 5.74) is 1.20. The van der Waals surface area contributed by atoms with Crippen molar-refractivity contribution in [2.45, 2.75) is 50.4 Å². The highest BCUT2D eigenvalue weighted by atomic mass is 19.4. The third-order valence-electron chi connectivity index (χ3n) is 5.44. The lowest BCUT2D eigenvalue weighted by molar-refractivity contribution is -0.138. The van der Waals surface area contributed by atoms with Crippen molar-refractivity contribution >= 4 is 17.2 Å². The summed E-state index contributed by atoms with van der Waals surface area (Å²) >= 11 is 0. The quantitative estimate of drug-likeness (QED) is 0.693. The fourth-order valence-electron chi connectivity index (χ4n) is 4.07. The van der Waals surface area contributed by atoms with Crippen molar-refractivity contribution < 1.29 is 13.2 Å². The Hall–Kier alpha value is -2.50. The lowest BCUT2D eigenvalue weighted by atomic mass is 9.79. The van der Waals surface area contributed by atoms with Crippen LogP contribution in [0.4, 0.5) is 24.5 Å². The summed E-state index contributed by atoms with van der Waals surface area (Å²) in [7, 11) is 0. The number of fused-ring (bicyclic) bond motifs is 1. The number of anilines is 2. The van der Waals surface area contributed by atoms with Crippen LogP contribution in [0.5, 0.6) is 0 Å². The predicted octanol–water partition coefficient (Wildman–Crippen LogP) is 5.84. The van der Waals surface area contributed by atoms with Gasteiger partial charge in [0.1, 0.15) is 5.84 Å². The second-order valence-corrected chi connectivity index (χ2v) is 7.26. The van der Waals surface area contributed by atoms with Gasteiger partial charge < -0.3 is 10.6 Å². The van der Waals surface area contributed by atoms with Gasteiger partial charge in [-0.1, -0.05) is 49.6 Å². The Morgan fingerprint density at radius 2 is 1.56 bits per heavy atom. The maximum absolute atomic E-state index is 13.3. The van der Waals surface area contributed by atoms with Gasteiger partial charge in [0.25, 0.3) is 0 Å². The van der Waals surface area contributed by atoms with Crippen LogP contribution in [0.2, 0.25) is 0 Å². The summed E-state index contributed by atoms with van der Waals surface area (Å²) < 4.78 is 39.8. The molecule has 1 saturated carbocycles. The van der Waals surface area contributed by atoms with E-state index in [1.165, 1.54) is 18.6 Å². The molecule has 1 aliphatic carbocycles. The third-order valence-corrected chi connectivity index (χ3v) is 5.44. The van der Waals surface area contributed by atoms with Crippen LogP contribution >= 0.6 is 0 Å². The van der Waals surface area contributed by atoms with Crippen molar-refractivity contribution in [2.24, 2.45) is 4.99 Å². The molecule has 0 radical (unpaired) electrons. The topological polar surface area (TPSA) is 36.4 Å². The van der Waals surface area contributed by atoms with Crippen LogP contribution in [0.3, 0.4) is 0 Å². The zero-order valence-corrected chi connectivity index (χ0v) is 14.9. The predicted molar refractivity (Wildman–Crippen MR) is 102 cm³/mol. The van der Waals surface area contributed by atoms with Gasteiger partial charge in [-0.15, -0.1) is 0 Å². The normalized spacial score (nSPS) is 20.0. The van der Waals surface area contributed by atoms with E-state index in [0.29, 0.717) is 0 Å². The number of nitrogens with zero attached hydrogens (tertiary/aromatic N) is 1. The zero-order valence-electron chi connectivity index (χ0n) is 14.9. The first-order chi connectivity index (χ1) is 13.0. The number of nitrogens with one attached hydrogen (secondary N) is 2. The summed E-state index contributed by atoms with van der Waals surface area (Å²) in [4.78, 5) is 4.65. The fourth-order valence-corrected chi connectivity index (χ4v) is 4.07. The summed E-state index contributed by atoms with van der Waals surface area (Å²) in [5, 5.41) is 7.02. The highest BCUT2D eigenvalue weighted by Crippen LogP contribution is 2.40. The van der Waals surface area contributed by atoms with Gasteiger partial charge in [0.05, 0.1) is 29.0 Å². The third kappa shape index (κ3) is 3.53. The fraction of sp³-hybridized carbons (Fsp3) is 0.381. The molecule has 2 aromatic rings. The van der Waals surface area contributed by atoms with E-state index in [1.807, 2.05) is 24.3 Å². The molecule has 1 fully saturated rings. The molecule has 2 aromatic carbocycles. The van der Waals surface area contributed by atoms with Gasteiger partial charge >= 0.3 is 6.18 Å². The van der Waals surface area contributed by atoms with Crippen molar-refractivity contribution in [3.63, 3.8) is 0 Å². The van der Waals surface area contributed by atoms with Crippen molar-refractivity contribution in [3.05, 3.63) is 59.7 Å².